The molecule has 3 nitrogen and oxygen atoms in total. The molecule has 1 fully saturated rings. The molecule has 1 saturated heterocycles. The monoisotopic (exact) mass is 294 g/mol. The molecular weight excluding hydrogens is 267 g/mol. The lowest BCUT2D eigenvalue weighted by molar-refractivity contribution is 0.0440. The van der Waals surface area contributed by atoms with Gasteiger partial charge in [0.05, 0.1) is 6.10 Å². The second-order valence-corrected chi connectivity index (χ2v) is 5.63. The molecule has 118 valence electrons. The highest BCUT2D eigenvalue weighted by atomic mass is 19.1. The summed E-state index contributed by atoms with van der Waals surface area (Å²) < 4.78 is 19.4. The second kappa shape index (κ2) is 8.35. The van der Waals surface area contributed by atoms with Crippen LogP contribution in [0.1, 0.15) is 38.7 Å². The summed E-state index contributed by atoms with van der Waals surface area (Å²) in [5, 5.41) is 3.29. The molecule has 1 aliphatic heterocycles. The van der Waals surface area contributed by atoms with Gasteiger partial charge in [0.1, 0.15) is 5.82 Å². The van der Waals surface area contributed by atoms with Crippen LogP contribution in [-0.4, -0.2) is 32.3 Å². The van der Waals surface area contributed by atoms with E-state index >= 15 is 0 Å². The number of piperidine rings is 1. The molecular formula is C17H27FN2O. The summed E-state index contributed by atoms with van der Waals surface area (Å²) in [4.78, 5) is 2.34. The zero-order valence-electron chi connectivity index (χ0n) is 13.2. The van der Waals surface area contributed by atoms with Gasteiger partial charge in [0, 0.05) is 31.9 Å². The van der Waals surface area contributed by atoms with Crippen LogP contribution in [-0.2, 0) is 11.3 Å². The third-order valence-electron chi connectivity index (χ3n) is 3.88. The molecule has 21 heavy (non-hydrogen) atoms. The summed E-state index contributed by atoms with van der Waals surface area (Å²) in [5.74, 6) is -0.164. The van der Waals surface area contributed by atoms with Crippen LogP contribution in [0.15, 0.2) is 18.2 Å². The van der Waals surface area contributed by atoms with Crippen molar-refractivity contribution in [3.63, 3.8) is 0 Å². The summed E-state index contributed by atoms with van der Waals surface area (Å²) in [6, 6.07) is 5.11. The first-order chi connectivity index (χ1) is 10.2. The molecule has 0 spiro atoms. The van der Waals surface area contributed by atoms with E-state index in [2.05, 4.69) is 24.1 Å². The average molecular weight is 294 g/mol. The molecule has 1 heterocycles. The van der Waals surface area contributed by atoms with Crippen LogP contribution in [0.3, 0.4) is 0 Å². The zero-order valence-corrected chi connectivity index (χ0v) is 13.2. The molecule has 1 atom stereocenters. The quantitative estimate of drug-likeness (QED) is 0.835. The largest absolute Gasteiger partial charge is 0.376 e. The lowest BCUT2D eigenvalue weighted by Crippen LogP contribution is -2.40. The van der Waals surface area contributed by atoms with Gasteiger partial charge in [0.2, 0.25) is 0 Å². The van der Waals surface area contributed by atoms with Gasteiger partial charge in [-0.1, -0.05) is 13.8 Å². The Labute approximate surface area is 127 Å². The van der Waals surface area contributed by atoms with Gasteiger partial charge < -0.3 is 15.0 Å². The van der Waals surface area contributed by atoms with Crippen LogP contribution >= 0.6 is 0 Å². The molecule has 1 aliphatic rings. The van der Waals surface area contributed by atoms with Crippen molar-refractivity contribution in [1.82, 2.24) is 5.32 Å². The van der Waals surface area contributed by atoms with E-state index in [4.69, 9.17) is 4.74 Å². The van der Waals surface area contributed by atoms with E-state index in [9.17, 15) is 4.39 Å². The topological polar surface area (TPSA) is 24.5 Å². The van der Waals surface area contributed by atoms with Crippen LogP contribution < -0.4 is 10.2 Å². The Morgan fingerprint density at radius 1 is 1.38 bits per heavy atom. The summed E-state index contributed by atoms with van der Waals surface area (Å²) in [6.45, 7) is 8.55. The van der Waals surface area contributed by atoms with E-state index in [1.165, 1.54) is 0 Å². The highest BCUT2D eigenvalue weighted by molar-refractivity contribution is 5.54. The molecule has 0 bridgehead atoms. The Balaban J connectivity index is 2.08. The predicted molar refractivity (Wildman–Crippen MR) is 85.3 cm³/mol. The van der Waals surface area contributed by atoms with Crippen molar-refractivity contribution in [2.75, 3.05) is 31.1 Å². The van der Waals surface area contributed by atoms with Gasteiger partial charge in [0.15, 0.2) is 0 Å². The summed E-state index contributed by atoms with van der Waals surface area (Å²) in [6.07, 6.45) is 3.61. The number of hydrogen-bond donors (Lipinski definition) is 1. The second-order valence-electron chi connectivity index (χ2n) is 5.63. The fourth-order valence-electron chi connectivity index (χ4n) is 2.84. The maximum atomic E-state index is 13.5. The van der Waals surface area contributed by atoms with Crippen LogP contribution in [0.4, 0.5) is 10.1 Å². The maximum Gasteiger partial charge on any atom is 0.123 e. The Kier molecular flexibility index (Phi) is 6.46. The van der Waals surface area contributed by atoms with Crippen LogP contribution in [0, 0.1) is 5.82 Å². The Hall–Kier alpha value is -1.13. The van der Waals surface area contributed by atoms with Gasteiger partial charge in [-0.25, -0.2) is 4.39 Å². The van der Waals surface area contributed by atoms with Crippen molar-refractivity contribution in [2.24, 2.45) is 0 Å². The van der Waals surface area contributed by atoms with E-state index in [1.54, 1.807) is 12.1 Å². The minimum atomic E-state index is -0.164. The smallest absolute Gasteiger partial charge is 0.123 e. The lowest BCUT2D eigenvalue weighted by atomic mass is 10.0. The highest BCUT2D eigenvalue weighted by Crippen LogP contribution is 2.26. The van der Waals surface area contributed by atoms with E-state index in [0.29, 0.717) is 12.6 Å². The van der Waals surface area contributed by atoms with Crippen molar-refractivity contribution in [3.8, 4) is 0 Å². The number of nitrogens with zero attached hydrogens (tertiary/aromatic N) is 1. The van der Waals surface area contributed by atoms with Crippen molar-refractivity contribution < 1.29 is 9.13 Å². The normalized spacial score (nSPS) is 19.0. The van der Waals surface area contributed by atoms with Crippen LogP contribution in [0.25, 0.3) is 0 Å². The molecule has 0 aromatic heterocycles. The maximum absolute atomic E-state index is 13.5. The van der Waals surface area contributed by atoms with Gasteiger partial charge in [-0.3, -0.25) is 0 Å². The van der Waals surface area contributed by atoms with E-state index < -0.39 is 0 Å². The van der Waals surface area contributed by atoms with Crippen molar-refractivity contribution in [3.05, 3.63) is 29.6 Å². The molecule has 1 aromatic carbocycles. The lowest BCUT2D eigenvalue weighted by Gasteiger charge is -2.35. The number of halogens is 1. The van der Waals surface area contributed by atoms with E-state index in [0.717, 1.165) is 56.8 Å². The standard InChI is InChI=1S/C17H27FN2O/c1-3-10-21-16-6-5-9-20(13-16)17-8-7-15(18)11-14(17)12-19-4-2/h7-8,11,16,19H,3-6,9-10,12-13H2,1-2H3. The Bertz CT molecular complexity index is 439. The number of anilines is 1. The summed E-state index contributed by atoms with van der Waals surface area (Å²) >= 11 is 0. The van der Waals surface area contributed by atoms with Crippen LogP contribution in [0.2, 0.25) is 0 Å². The van der Waals surface area contributed by atoms with E-state index in [-0.39, 0.29) is 5.82 Å². The zero-order chi connectivity index (χ0) is 15.1. The number of nitrogens with one attached hydrogen (secondary N) is 1. The highest BCUT2D eigenvalue weighted by Gasteiger charge is 2.22. The first-order valence-corrected chi connectivity index (χ1v) is 8.10. The Morgan fingerprint density at radius 2 is 2.24 bits per heavy atom. The van der Waals surface area contributed by atoms with Crippen LogP contribution in [0.5, 0.6) is 0 Å². The number of benzene rings is 1. The predicted octanol–water partition coefficient (Wildman–Crippen LogP) is 3.33. The molecule has 1 unspecified atom stereocenters. The third kappa shape index (κ3) is 4.68. The summed E-state index contributed by atoms with van der Waals surface area (Å²) in [7, 11) is 0. The molecule has 4 heteroatoms. The number of rotatable bonds is 7. The SMILES string of the molecule is CCCOC1CCCN(c2ccc(F)cc2CNCC)C1. The van der Waals surface area contributed by atoms with Gasteiger partial charge in [-0.15, -0.1) is 0 Å². The number of ether oxygens (including phenoxy) is 1. The molecule has 1 aromatic rings. The molecule has 0 amide bonds. The van der Waals surface area contributed by atoms with Crippen molar-refractivity contribution >= 4 is 5.69 Å². The molecule has 0 aliphatic carbocycles. The van der Waals surface area contributed by atoms with Gasteiger partial charge in [-0.05, 0) is 49.6 Å². The first kappa shape index (κ1) is 16.2. The van der Waals surface area contributed by atoms with Crippen molar-refractivity contribution in [2.45, 2.75) is 45.8 Å². The number of hydrogen-bond acceptors (Lipinski definition) is 3. The van der Waals surface area contributed by atoms with Crippen molar-refractivity contribution in [1.29, 1.82) is 0 Å². The molecule has 0 saturated carbocycles. The summed E-state index contributed by atoms with van der Waals surface area (Å²) in [5.41, 5.74) is 2.18. The Morgan fingerprint density at radius 3 is 3.00 bits per heavy atom. The first-order valence-electron chi connectivity index (χ1n) is 8.10. The molecule has 2 rings (SSSR count). The third-order valence-corrected chi connectivity index (χ3v) is 3.88. The average Bonchev–Trinajstić information content (AvgIpc) is 2.51. The van der Waals surface area contributed by atoms with E-state index in [1.807, 2.05) is 6.07 Å². The molecule has 1 N–H and O–H groups in total. The molecule has 0 radical (unpaired) electrons. The minimum absolute atomic E-state index is 0.164. The minimum Gasteiger partial charge on any atom is -0.376 e. The fraction of sp³-hybridized carbons (Fsp3) is 0.647. The van der Waals surface area contributed by atoms with Gasteiger partial charge >= 0.3 is 0 Å². The fourth-order valence-corrected chi connectivity index (χ4v) is 2.84. The van der Waals surface area contributed by atoms with Gasteiger partial charge in [-0.2, -0.15) is 0 Å². The van der Waals surface area contributed by atoms with Gasteiger partial charge in [0.25, 0.3) is 0 Å².